The van der Waals surface area contributed by atoms with Crippen molar-refractivity contribution in [3.63, 3.8) is 0 Å². The van der Waals surface area contributed by atoms with Gasteiger partial charge < -0.3 is 0 Å². The van der Waals surface area contributed by atoms with E-state index < -0.39 is 0 Å². The molecule has 2 N–H and O–H groups in total. The summed E-state index contributed by atoms with van der Waals surface area (Å²) < 4.78 is 0. The maximum absolute atomic E-state index is 12.5. The fourth-order valence-electron chi connectivity index (χ4n) is 4.15. The number of hydrogen-bond donors (Lipinski definition) is 2. The van der Waals surface area contributed by atoms with Crippen LogP contribution in [0, 0.1) is 0 Å². The minimum absolute atomic E-state index is 0.326. The highest BCUT2D eigenvalue weighted by molar-refractivity contribution is 6.02. The summed E-state index contributed by atoms with van der Waals surface area (Å²) in [7, 11) is 0. The number of rotatable bonds is 5. The molecule has 0 radical (unpaired) electrons. The number of carbonyl (C=O) groups is 1. The Hall–Kier alpha value is -3.99. The van der Waals surface area contributed by atoms with Crippen LogP contribution in [0.5, 0.6) is 0 Å². The molecular formula is C26H22N4O. The maximum Gasteiger partial charge on any atom is 0.289 e. The summed E-state index contributed by atoms with van der Waals surface area (Å²) in [5, 5.41) is 13.8. The van der Waals surface area contributed by atoms with Gasteiger partial charge in [0.25, 0.3) is 5.91 Å². The van der Waals surface area contributed by atoms with Gasteiger partial charge in [-0.25, -0.2) is 5.43 Å². The first-order valence-electron chi connectivity index (χ1n) is 10.3. The van der Waals surface area contributed by atoms with Gasteiger partial charge in [0.2, 0.25) is 0 Å². The van der Waals surface area contributed by atoms with Crippen LogP contribution in [-0.2, 0) is 12.8 Å². The van der Waals surface area contributed by atoms with Crippen molar-refractivity contribution >= 4 is 29.0 Å². The number of hydrazone groups is 1. The van der Waals surface area contributed by atoms with Gasteiger partial charge in [0, 0.05) is 5.56 Å². The number of H-pyrrole nitrogens is 1. The maximum atomic E-state index is 12.5. The monoisotopic (exact) mass is 406 g/mol. The molecule has 1 aromatic heterocycles. The van der Waals surface area contributed by atoms with Crippen LogP contribution in [0.4, 0.5) is 0 Å². The standard InChI is InChI=1S/C26H22N4O/c1-17(14-18-6-3-2-4-7-18)16-27-30-26(31)24-15-23(28-29-24)21-13-12-20-11-10-19-8-5-9-22(21)25(19)20/h2-9,12-16H,10-11H2,1H3,(H,28,29)(H,30,31). The Morgan fingerprint density at radius 2 is 1.84 bits per heavy atom. The van der Waals surface area contributed by atoms with Gasteiger partial charge >= 0.3 is 0 Å². The molecule has 1 heterocycles. The molecular weight excluding hydrogens is 384 g/mol. The van der Waals surface area contributed by atoms with Crippen molar-refractivity contribution in [2.45, 2.75) is 19.8 Å². The highest BCUT2D eigenvalue weighted by atomic mass is 16.2. The summed E-state index contributed by atoms with van der Waals surface area (Å²) in [5.74, 6) is -0.326. The molecule has 0 unspecified atom stereocenters. The minimum Gasteiger partial charge on any atom is -0.272 e. The molecule has 1 amide bonds. The van der Waals surface area contributed by atoms with Crippen LogP contribution in [0.15, 0.2) is 77.4 Å². The van der Waals surface area contributed by atoms with Gasteiger partial charge in [-0.1, -0.05) is 66.7 Å². The lowest BCUT2D eigenvalue weighted by Gasteiger charge is -2.06. The van der Waals surface area contributed by atoms with E-state index in [9.17, 15) is 4.79 Å². The van der Waals surface area contributed by atoms with Crippen LogP contribution in [0.1, 0.15) is 34.1 Å². The number of aromatic nitrogens is 2. The number of amides is 1. The quantitative estimate of drug-likeness (QED) is 0.356. The van der Waals surface area contributed by atoms with E-state index in [0.717, 1.165) is 35.2 Å². The number of nitrogens with one attached hydrogen (secondary N) is 2. The fourth-order valence-corrected chi connectivity index (χ4v) is 4.15. The van der Waals surface area contributed by atoms with E-state index >= 15 is 0 Å². The molecule has 0 saturated heterocycles. The van der Waals surface area contributed by atoms with Crippen LogP contribution < -0.4 is 5.43 Å². The van der Waals surface area contributed by atoms with E-state index in [-0.39, 0.29) is 5.91 Å². The molecule has 3 aromatic carbocycles. The third-order valence-electron chi connectivity index (χ3n) is 5.60. The second-order valence-corrected chi connectivity index (χ2v) is 7.78. The van der Waals surface area contributed by atoms with Gasteiger partial charge in [0.15, 0.2) is 0 Å². The fraction of sp³-hybridized carbons (Fsp3) is 0.115. The lowest BCUT2D eigenvalue weighted by Crippen LogP contribution is -2.17. The number of aromatic amines is 1. The second kappa shape index (κ2) is 8.03. The zero-order valence-corrected chi connectivity index (χ0v) is 17.2. The Morgan fingerprint density at radius 1 is 1.03 bits per heavy atom. The van der Waals surface area contributed by atoms with Crippen molar-refractivity contribution in [3.8, 4) is 11.3 Å². The zero-order chi connectivity index (χ0) is 21.2. The first-order chi connectivity index (χ1) is 15.2. The highest BCUT2D eigenvalue weighted by Gasteiger charge is 2.18. The molecule has 5 rings (SSSR count). The molecule has 31 heavy (non-hydrogen) atoms. The number of hydrogen-bond acceptors (Lipinski definition) is 3. The van der Waals surface area contributed by atoms with Crippen LogP contribution in [0.2, 0.25) is 0 Å². The average Bonchev–Trinajstić information content (AvgIpc) is 3.44. The number of allylic oxidation sites excluding steroid dienone is 1. The number of nitrogens with zero attached hydrogens (tertiary/aromatic N) is 2. The molecule has 1 aliphatic rings. The molecule has 5 nitrogen and oxygen atoms in total. The number of aryl methyl sites for hydroxylation is 2. The Balaban J connectivity index is 1.33. The van der Waals surface area contributed by atoms with Gasteiger partial charge in [0.05, 0.1) is 11.9 Å². The van der Waals surface area contributed by atoms with Gasteiger partial charge in [-0.05, 0) is 58.9 Å². The average molecular weight is 406 g/mol. The summed E-state index contributed by atoms with van der Waals surface area (Å²) in [4.78, 5) is 12.5. The van der Waals surface area contributed by atoms with Gasteiger partial charge in [-0.3, -0.25) is 9.89 Å². The molecule has 152 valence electrons. The normalized spacial score (nSPS) is 13.3. The van der Waals surface area contributed by atoms with Crippen LogP contribution in [0.25, 0.3) is 28.1 Å². The van der Waals surface area contributed by atoms with Gasteiger partial charge in [-0.15, -0.1) is 0 Å². The summed E-state index contributed by atoms with van der Waals surface area (Å²) in [6, 6.07) is 22.4. The number of benzene rings is 3. The summed E-state index contributed by atoms with van der Waals surface area (Å²) in [5.41, 5.74) is 9.51. The SMILES string of the molecule is CC(C=NNC(=O)c1cc(-c2ccc3c4c(cccc24)CC3)n[nH]1)=Cc1ccccc1. The first kappa shape index (κ1) is 19.0. The summed E-state index contributed by atoms with van der Waals surface area (Å²) >= 11 is 0. The molecule has 1 aliphatic carbocycles. The van der Waals surface area contributed by atoms with Crippen molar-refractivity contribution in [1.82, 2.24) is 15.6 Å². The number of carbonyl (C=O) groups excluding carboxylic acids is 1. The molecule has 4 aromatic rings. The lowest BCUT2D eigenvalue weighted by molar-refractivity contribution is 0.0950. The third-order valence-corrected chi connectivity index (χ3v) is 5.60. The molecule has 5 heteroatoms. The molecule has 0 fully saturated rings. The van der Waals surface area contributed by atoms with E-state index in [0.29, 0.717) is 5.69 Å². The largest absolute Gasteiger partial charge is 0.289 e. The van der Waals surface area contributed by atoms with Crippen molar-refractivity contribution in [3.05, 3.63) is 94.7 Å². The van der Waals surface area contributed by atoms with Crippen LogP contribution >= 0.6 is 0 Å². The lowest BCUT2D eigenvalue weighted by atomic mass is 9.98. The molecule has 0 bridgehead atoms. The summed E-state index contributed by atoms with van der Waals surface area (Å²) in [6.45, 7) is 1.94. The Bertz CT molecular complexity index is 1320. The topological polar surface area (TPSA) is 70.1 Å². The van der Waals surface area contributed by atoms with Gasteiger partial charge in [-0.2, -0.15) is 10.2 Å². The molecule has 0 aliphatic heterocycles. The van der Waals surface area contributed by atoms with Crippen LogP contribution in [0.3, 0.4) is 0 Å². The minimum atomic E-state index is -0.326. The highest BCUT2D eigenvalue weighted by Crippen LogP contribution is 2.36. The van der Waals surface area contributed by atoms with Crippen molar-refractivity contribution in [1.29, 1.82) is 0 Å². The van der Waals surface area contributed by atoms with Crippen LogP contribution in [-0.4, -0.2) is 22.3 Å². The van der Waals surface area contributed by atoms with E-state index in [2.05, 4.69) is 51.1 Å². The van der Waals surface area contributed by atoms with Crippen molar-refractivity contribution in [2.24, 2.45) is 5.10 Å². The predicted molar refractivity (Wildman–Crippen MR) is 125 cm³/mol. The van der Waals surface area contributed by atoms with E-state index in [4.69, 9.17) is 0 Å². The van der Waals surface area contributed by atoms with Crippen molar-refractivity contribution < 1.29 is 4.79 Å². The first-order valence-corrected chi connectivity index (χ1v) is 10.3. The van der Waals surface area contributed by atoms with E-state index in [1.807, 2.05) is 43.3 Å². The molecule has 0 spiro atoms. The smallest absolute Gasteiger partial charge is 0.272 e. The third kappa shape index (κ3) is 3.78. The summed E-state index contributed by atoms with van der Waals surface area (Å²) in [6.07, 6.45) is 5.80. The van der Waals surface area contributed by atoms with E-state index in [1.54, 1.807) is 12.3 Å². The zero-order valence-electron chi connectivity index (χ0n) is 17.2. The second-order valence-electron chi connectivity index (χ2n) is 7.78. The van der Waals surface area contributed by atoms with Gasteiger partial charge in [0.1, 0.15) is 5.69 Å². The Kier molecular flexibility index (Phi) is 4.92. The molecule has 0 saturated carbocycles. The van der Waals surface area contributed by atoms with Crippen molar-refractivity contribution in [2.75, 3.05) is 0 Å². The predicted octanol–water partition coefficient (Wildman–Crippen LogP) is 5.15. The molecule has 0 atom stereocenters. The Morgan fingerprint density at radius 3 is 2.68 bits per heavy atom. The van der Waals surface area contributed by atoms with E-state index in [1.165, 1.54) is 21.9 Å². The Labute approximate surface area is 180 Å².